The summed E-state index contributed by atoms with van der Waals surface area (Å²) in [6, 6.07) is 0. The van der Waals surface area contributed by atoms with E-state index in [1.807, 2.05) is 6.92 Å². The number of aromatic amines is 1. The van der Waals surface area contributed by atoms with Gasteiger partial charge in [0, 0.05) is 12.8 Å². The largest absolute Gasteiger partial charge is 0.394 e. The summed E-state index contributed by atoms with van der Waals surface area (Å²) in [6.45, 7) is 1.75. The van der Waals surface area contributed by atoms with Crippen molar-refractivity contribution in [3.8, 4) is 0 Å². The molecule has 8 heteroatoms. The zero-order chi connectivity index (χ0) is 15.0. The van der Waals surface area contributed by atoms with Crippen LogP contribution in [-0.4, -0.2) is 48.5 Å². The minimum absolute atomic E-state index is 0.250. The van der Waals surface area contributed by atoms with Gasteiger partial charge in [-0.3, -0.25) is 9.36 Å². The van der Waals surface area contributed by atoms with E-state index in [-0.39, 0.29) is 17.7 Å². The molecule has 0 radical (unpaired) electrons. The molecule has 0 spiro atoms. The van der Waals surface area contributed by atoms with Crippen LogP contribution in [0, 0.1) is 0 Å². The predicted molar refractivity (Wildman–Crippen MR) is 73.8 cm³/mol. The number of hydrogen-bond donors (Lipinski definition) is 3. The van der Waals surface area contributed by atoms with E-state index >= 15 is 0 Å². The van der Waals surface area contributed by atoms with Crippen LogP contribution in [0.25, 0.3) is 11.2 Å². The lowest BCUT2D eigenvalue weighted by Crippen LogP contribution is -2.24. The van der Waals surface area contributed by atoms with Crippen molar-refractivity contribution in [2.75, 3.05) is 6.61 Å². The van der Waals surface area contributed by atoms with Gasteiger partial charge < -0.3 is 19.9 Å². The Labute approximate surface area is 120 Å². The van der Waals surface area contributed by atoms with Crippen LogP contribution in [0.2, 0.25) is 0 Å². The van der Waals surface area contributed by atoms with Crippen molar-refractivity contribution >= 4 is 11.2 Å². The lowest BCUT2D eigenvalue weighted by Gasteiger charge is -2.13. The van der Waals surface area contributed by atoms with Crippen molar-refractivity contribution in [3.63, 3.8) is 0 Å². The molecule has 3 atom stereocenters. The number of rotatable bonds is 4. The van der Waals surface area contributed by atoms with E-state index in [9.17, 15) is 9.90 Å². The number of nitrogens with one attached hydrogen (secondary N) is 1. The van der Waals surface area contributed by atoms with Gasteiger partial charge in [-0.1, -0.05) is 6.92 Å². The van der Waals surface area contributed by atoms with Gasteiger partial charge in [-0.15, -0.1) is 0 Å². The molecule has 3 heterocycles. The zero-order valence-corrected chi connectivity index (χ0v) is 11.7. The van der Waals surface area contributed by atoms with Crippen molar-refractivity contribution in [1.29, 1.82) is 0 Å². The summed E-state index contributed by atoms with van der Waals surface area (Å²) in [6.07, 6.45) is 1.51. The highest BCUT2D eigenvalue weighted by Gasteiger charge is 2.35. The van der Waals surface area contributed by atoms with Gasteiger partial charge in [-0.25, -0.2) is 9.97 Å². The molecule has 8 nitrogen and oxygen atoms in total. The molecular formula is C13H18N4O4. The van der Waals surface area contributed by atoms with Crippen molar-refractivity contribution in [1.82, 2.24) is 19.5 Å². The Morgan fingerprint density at radius 2 is 2.38 bits per heavy atom. The molecule has 1 fully saturated rings. The minimum Gasteiger partial charge on any atom is -0.394 e. The van der Waals surface area contributed by atoms with E-state index in [4.69, 9.17) is 9.84 Å². The first-order valence-electron chi connectivity index (χ1n) is 7.04. The van der Waals surface area contributed by atoms with Gasteiger partial charge in [-0.2, -0.15) is 0 Å². The minimum atomic E-state index is -0.741. The number of ether oxygens (including phenoxy) is 1. The molecule has 1 saturated heterocycles. The third-order valence-electron chi connectivity index (χ3n) is 3.66. The average molecular weight is 294 g/mol. The van der Waals surface area contributed by atoms with E-state index in [1.54, 1.807) is 4.57 Å². The fourth-order valence-corrected chi connectivity index (χ4v) is 2.59. The fourth-order valence-electron chi connectivity index (χ4n) is 2.59. The number of hydrogen-bond acceptors (Lipinski definition) is 6. The van der Waals surface area contributed by atoms with Gasteiger partial charge in [0.05, 0.1) is 19.0 Å². The number of fused-ring (bicyclic) bond motifs is 1. The number of H-pyrrole nitrogens is 1. The highest BCUT2D eigenvalue weighted by atomic mass is 16.5. The standard InChI is InChI=1S/C13H18N4O4/c1-2-3-9-15-12-11(13(20)16-9)14-6-17(12)10-4-7(19)8(5-18)21-10/h6-8,10,18-19H,2-5H2,1H3,(H,15,16,20). The number of nitrogens with zero attached hydrogens (tertiary/aromatic N) is 3. The Morgan fingerprint density at radius 3 is 3.05 bits per heavy atom. The molecule has 1 aliphatic heterocycles. The van der Waals surface area contributed by atoms with Crippen LogP contribution in [0.15, 0.2) is 11.1 Å². The Morgan fingerprint density at radius 1 is 1.57 bits per heavy atom. The predicted octanol–water partition coefficient (Wildman–Crippen LogP) is -0.287. The van der Waals surface area contributed by atoms with Crippen molar-refractivity contribution in [2.45, 2.75) is 44.6 Å². The monoisotopic (exact) mass is 294 g/mol. The second-order valence-electron chi connectivity index (χ2n) is 5.20. The maximum atomic E-state index is 12.0. The number of aromatic nitrogens is 4. The van der Waals surface area contributed by atoms with E-state index in [0.29, 0.717) is 24.3 Å². The van der Waals surface area contributed by atoms with E-state index in [2.05, 4.69) is 15.0 Å². The lowest BCUT2D eigenvalue weighted by atomic mass is 10.2. The molecule has 114 valence electrons. The molecule has 1 aliphatic rings. The molecule has 0 aliphatic carbocycles. The Bertz CT molecular complexity index is 695. The van der Waals surface area contributed by atoms with Crippen LogP contribution in [0.4, 0.5) is 0 Å². The second-order valence-corrected chi connectivity index (χ2v) is 5.20. The van der Waals surface area contributed by atoms with Crippen LogP contribution < -0.4 is 5.56 Å². The first-order valence-corrected chi connectivity index (χ1v) is 7.04. The topological polar surface area (TPSA) is 113 Å². The molecule has 0 amide bonds. The SMILES string of the molecule is CCCc1nc2c(ncn2C2CC(O)C(CO)O2)c(=O)[nH]1. The summed E-state index contributed by atoms with van der Waals surface area (Å²) in [5.41, 5.74) is 0.415. The molecule has 2 aromatic heterocycles. The smallest absolute Gasteiger partial charge is 0.279 e. The number of aliphatic hydroxyl groups is 2. The third kappa shape index (κ3) is 2.45. The van der Waals surface area contributed by atoms with Crippen LogP contribution >= 0.6 is 0 Å². The number of imidazole rings is 1. The van der Waals surface area contributed by atoms with Crippen molar-refractivity contribution in [3.05, 3.63) is 22.5 Å². The van der Waals surface area contributed by atoms with Crippen LogP contribution in [0.5, 0.6) is 0 Å². The lowest BCUT2D eigenvalue weighted by molar-refractivity contribution is -0.0432. The molecule has 0 aromatic carbocycles. The van der Waals surface area contributed by atoms with Crippen LogP contribution in [-0.2, 0) is 11.2 Å². The highest BCUT2D eigenvalue weighted by Crippen LogP contribution is 2.30. The van der Waals surface area contributed by atoms with Gasteiger partial charge in [-0.05, 0) is 6.42 Å². The maximum absolute atomic E-state index is 12.0. The zero-order valence-electron chi connectivity index (χ0n) is 11.7. The fraction of sp³-hybridized carbons (Fsp3) is 0.615. The summed E-state index contributed by atoms with van der Waals surface area (Å²) in [5, 5.41) is 19.0. The molecule has 0 bridgehead atoms. The molecule has 0 saturated carbocycles. The van der Waals surface area contributed by atoms with Gasteiger partial charge >= 0.3 is 0 Å². The Balaban J connectivity index is 2.01. The molecule has 3 N–H and O–H groups in total. The van der Waals surface area contributed by atoms with Crippen LogP contribution in [0.3, 0.4) is 0 Å². The molecule has 21 heavy (non-hydrogen) atoms. The number of aryl methyl sites for hydroxylation is 1. The third-order valence-corrected chi connectivity index (χ3v) is 3.66. The molecule has 2 aromatic rings. The van der Waals surface area contributed by atoms with Crippen molar-refractivity contribution in [2.24, 2.45) is 0 Å². The normalized spacial score (nSPS) is 25.8. The van der Waals surface area contributed by atoms with E-state index < -0.39 is 18.4 Å². The van der Waals surface area contributed by atoms with Gasteiger partial charge in [0.25, 0.3) is 5.56 Å². The average Bonchev–Trinajstić information content (AvgIpc) is 3.02. The Kier molecular flexibility index (Phi) is 3.75. The molecule has 3 rings (SSSR count). The highest BCUT2D eigenvalue weighted by molar-refractivity contribution is 5.69. The number of aliphatic hydroxyl groups excluding tert-OH is 2. The van der Waals surface area contributed by atoms with Gasteiger partial charge in [0.2, 0.25) is 0 Å². The summed E-state index contributed by atoms with van der Waals surface area (Å²) >= 11 is 0. The van der Waals surface area contributed by atoms with E-state index in [1.165, 1.54) is 6.33 Å². The first kappa shape index (κ1) is 14.2. The van der Waals surface area contributed by atoms with Gasteiger partial charge in [0.1, 0.15) is 18.2 Å². The Hall–Kier alpha value is -1.77. The summed E-state index contributed by atoms with van der Waals surface area (Å²) in [4.78, 5) is 23.2. The van der Waals surface area contributed by atoms with Crippen molar-refractivity contribution < 1.29 is 14.9 Å². The van der Waals surface area contributed by atoms with E-state index in [0.717, 1.165) is 6.42 Å². The molecule has 3 unspecified atom stereocenters. The maximum Gasteiger partial charge on any atom is 0.279 e. The van der Waals surface area contributed by atoms with Gasteiger partial charge in [0.15, 0.2) is 11.2 Å². The summed E-state index contributed by atoms with van der Waals surface area (Å²) in [5.74, 6) is 0.606. The second kappa shape index (κ2) is 5.55. The first-order chi connectivity index (χ1) is 10.1. The quantitative estimate of drug-likeness (QED) is 0.714. The summed E-state index contributed by atoms with van der Waals surface area (Å²) < 4.78 is 7.23. The van der Waals surface area contributed by atoms with Crippen LogP contribution in [0.1, 0.15) is 31.8 Å². The molecular weight excluding hydrogens is 276 g/mol. The summed E-state index contributed by atoms with van der Waals surface area (Å²) in [7, 11) is 0.